The third-order valence-corrected chi connectivity index (χ3v) is 5.60. The molecule has 0 radical (unpaired) electrons. The summed E-state index contributed by atoms with van der Waals surface area (Å²) in [5.41, 5.74) is 1.71. The van der Waals surface area contributed by atoms with Crippen molar-refractivity contribution in [1.29, 1.82) is 0 Å². The van der Waals surface area contributed by atoms with Crippen LogP contribution in [0.5, 0.6) is 11.5 Å². The molecule has 5 rings (SSSR count). The monoisotopic (exact) mass is 443 g/mol. The molecule has 166 valence electrons. The normalized spacial score (nSPS) is 12.1. The number of nitrogens with zero attached hydrogens (tertiary/aromatic N) is 1. The number of nitrogens with one attached hydrogen (secondary N) is 2. The predicted molar refractivity (Wildman–Crippen MR) is 123 cm³/mol. The summed E-state index contributed by atoms with van der Waals surface area (Å²) >= 11 is 0. The van der Waals surface area contributed by atoms with Crippen LogP contribution in [-0.4, -0.2) is 22.3 Å². The fraction of sp³-hybridized carbons (Fsp3) is 0.160. The van der Waals surface area contributed by atoms with Crippen molar-refractivity contribution in [2.45, 2.75) is 19.5 Å². The van der Waals surface area contributed by atoms with E-state index >= 15 is 0 Å². The summed E-state index contributed by atoms with van der Waals surface area (Å²) in [5.74, 6) is 1.01. The number of aryl methyl sites for hydroxylation is 1. The van der Waals surface area contributed by atoms with Crippen molar-refractivity contribution in [2.75, 3.05) is 6.79 Å². The molecule has 8 nitrogen and oxygen atoms in total. The summed E-state index contributed by atoms with van der Waals surface area (Å²) in [6, 6.07) is 19.8. The molecule has 1 amide bonds. The van der Waals surface area contributed by atoms with Crippen LogP contribution < -0.4 is 26.0 Å². The van der Waals surface area contributed by atoms with Crippen molar-refractivity contribution >= 4 is 16.8 Å². The fourth-order valence-corrected chi connectivity index (χ4v) is 3.82. The Morgan fingerprint density at radius 3 is 2.61 bits per heavy atom. The molecule has 1 aliphatic rings. The maximum atomic E-state index is 12.9. The number of carbonyl (C=O) groups is 1. The number of amides is 1. The Labute approximate surface area is 188 Å². The number of aromatic amines is 1. The molecule has 0 fully saturated rings. The van der Waals surface area contributed by atoms with Crippen LogP contribution in [0.3, 0.4) is 0 Å². The van der Waals surface area contributed by atoms with Crippen molar-refractivity contribution in [3.05, 3.63) is 104 Å². The highest BCUT2D eigenvalue weighted by Gasteiger charge is 2.15. The molecule has 0 spiro atoms. The Balaban J connectivity index is 1.33. The number of hydrogen-bond acceptors (Lipinski definition) is 5. The smallest absolute Gasteiger partial charge is 0.328 e. The van der Waals surface area contributed by atoms with Crippen molar-refractivity contribution in [2.24, 2.45) is 0 Å². The number of H-pyrrole nitrogens is 1. The van der Waals surface area contributed by atoms with E-state index in [1.165, 1.54) is 10.6 Å². The molecule has 0 aliphatic carbocycles. The molecule has 0 saturated carbocycles. The van der Waals surface area contributed by atoms with Crippen LogP contribution in [0.15, 0.2) is 76.3 Å². The lowest BCUT2D eigenvalue weighted by molar-refractivity contribution is 0.0951. The van der Waals surface area contributed by atoms with Crippen LogP contribution in [0, 0.1) is 0 Å². The largest absolute Gasteiger partial charge is 0.454 e. The van der Waals surface area contributed by atoms with Gasteiger partial charge in [0.25, 0.3) is 11.5 Å². The number of hydrogen-bond donors (Lipinski definition) is 2. The highest BCUT2D eigenvalue weighted by atomic mass is 16.7. The number of aromatic nitrogens is 2. The zero-order valence-electron chi connectivity index (χ0n) is 17.7. The predicted octanol–water partition coefficient (Wildman–Crippen LogP) is 2.59. The first kappa shape index (κ1) is 20.6. The Morgan fingerprint density at radius 1 is 0.939 bits per heavy atom. The SMILES string of the molecule is O=C(NCc1ccc2c(c1)OCO2)c1ccc2c(=O)n(CCc3ccccc3)c(=O)[nH]c2c1. The molecule has 3 aromatic carbocycles. The molecule has 2 N–H and O–H groups in total. The summed E-state index contributed by atoms with van der Waals surface area (Å²) in [6.45, 7) is 0.755. The number of carbonyl (C=O) groups excluding carboxylic acids is 1. The van der Waals surface area contributed by atoms with E-state index in [4.69, 9.17) is 9.47 Å². The maximum Gasteiger partial charge on any atom is 0.328 e. The Bertz CT molecular complexity index is 1460. The molecule has 0 saturated heterocycles. The molecule has 2 heterocycles. The van der Waals surface area contributed by atoms with E-state index in [0.29, 0.717) is 40.9 Å². The first-order chi connectivity index (χ1) is 16.1. The van der Waals surface area contributed by atoms with Crippen LogP contribution >= 0.6 is 0 Å². The lowest BCUT2D eigenvalue weighted by atomic mass is 10.1. The molecule has 0 atom stereocenters. The van der Waals surface area contributed by atoms with Crippen molar-refractivity contribution in [3.8, 4) is 11.5 Å². The van der Waals surface area contributed by atoms with Gasteiger partial charge in [-0.3, -0.25) is 14.2 Å². The van der Waals surface area contributed by atoms with E-state index in [1.54, 1.807) is 18.2 Å². The van der Waals surface area contributed by atoms with Crippen LogP contribution in [0.25, 0.3) is 10.9 Å². The second-order valence-corrected chi connectivity index (χ2v) is 7.75. The minimum atomic E-state index is -0.499. The Kier molecular flexibility index (Phi) is 5.40. The molecule has 0 unspecified atom stereocenters. The van der Waals surface area contributed by atoms with Crippen molar-refractivity contribution in [3.63, 3.8) is 0 Å². The van der Waals surface area contributed by atoms with Crippen LogP contribution in [0.4, 0.5) is 0 Å². The highest BCUT2D eigenvalue weighted by Crippen LogP contribution is 2.32. The molecule has 4 aromatic rings. The molecular weight excluding hydrogens is 422 g/mol. The second kappa shape index (κ2) is 8.66. The molecule has 33 heavy (non-hydrogen) atoms. The summed E-state index contributed by atoms with van der Waals surface area (Å²) in [6.07, 6.45) is 0.565. The summed E-state index contributed by atoms with van der Waals surface area (Å²) < 4.78 is 11.8. The molecule has 8 heteroatoms. The van der Waals surface area contributed by atoms with Crippen molar-refractivity contribution < 1.29 is 14.3 Å². The number of benzene rings is 3. The molecule has 1 aromatic heterocycles. The van der Waals surface area contributed by atoms with Gasteiger partial charge < -0.3 is 19.8 Å². The third-order valence-electron chi connectivity index (χ3n) is 5.60. The number of fused-ring (bicyclic) bond motifs is 2. The van der Waals surface area contributed by atoms with Gasteiger partial charge in [-0.25, -0.2) is 4.79 Å². The Morgan fingerprint density at radius 2 is 1.76 bits per heavy atom. The Hall–Kier alpha value is -4.33. The van der Waals surface area contributed by atoms with Gasteiger partial charge in [0.1, 0.15) is 0 Å². The number of ether oxygens (including phenoxy) is 2. The van der Waals surface area contributed by atoms with E-state index in [2.05, 4.69) is 10.3 Å². The van der Waals surface area contributed by atoms with Gasteiger partial charge in [-0.1, -0.05) is 36.4 Å². The van der Waals surface area contributed by atoms with E-state index in [9.17, 15) is 14.4 Å². The van der Waals surface area contributed by atoms with Gasteiger partial charge in [0.05, 0.1) is 10.9 Å². The summed E-state index contributed by atoms with van der Waals surface area (Å²) in [5, 5.41) is 3.20. The number of rotatable bonds is 6. The fourth-order valence-electron chi connectivity index (χ4n) is 3.82. The van der Waals surface area contributed by atoms with Gasteiger partial charge in [-0.15, -0.1) is 0 Å². The van der Waals surface area contributed by atoms with E-state index in [-0.39, 0.29) is 24.8 Å². The molecular formula is C25H21N3O5. The minimum absolute atomic E-state index is 0.189. The van der Waals surface area contributed by atoms with Crippen molar-refractivity contribution in [1.82, 2.24) is 14.9 Å². The lowest BCUT2D eigenvalue weighted by Gasteiger charge is -2.09. The quantitative estimate of drug-likeness (QED) is 0.477. The van der Waals surface area contributed by atoms with Gasteiger partial charge in [-0.2, -0.15) is 0 Å². The second-order valence-electron chi connectivity index (χ2n) is 7.75. The first-order valence-corrected chi connectivity index (χ1v) is 10.6. The van der Waals surface area contributed by atoms with E-state index in [1.807, 2.05) is 42.5 Å². The van der Waals surface area contributed by atoms with Gasteiger partial charge in [0.2, 0.25) is 6.79 Å². The van der Waals surface area contributed by atoms with E-state index < -0.39 is 5.69 Å². The topological polar surface area (TPSA) is 102 Å². The highest BCUT2D eigenvalue weighted by molar-refractivity contribution is 5.97. The zero-order chi connectivity index (χ0) is 22.8. The van der Waals surface area contributed by atoms with Crippen LogP contribution in [0.1, 0.15) is 21.5 Å². The molecule has 0 bridgehead atoms. The van der Waals surface area contributed by atoms with E-state index in [0.717, 1.165) is 11.1 Å². The van der Waals surface area contributed by atoms with Gasteiger partial charge in [-0.05, 0) is 47.9 Å². The average molecular weight is 443 g/mol. The summed E-state index contributed by atoms with van der Waals surface area (Å²) in [7, 11) is 0. The van der Waals surface area contributed by atoms with Crippen LogP contribution in [0.2, 0.25) is 0 Å². The lowest BCUT2D eigenvalue weighted by Crippen LogP contribution is -2.35. The average Bonchev–Trinajstić information content (AvgIpc) is 3.30. The summed E-state index contributed by atoms with van der Waals surface area (Å²) in [4.78, 5) is 40.8. The van der Waals surface area contributed by atoms with Gasteiger partial charge in [0, 0.05) is 18.7 Å². The minimum Gasteiger partial charge on any atom is -0.454 e. The standard InChI is InChI=1S/C25H21N3O5/c29-23(26-14-17-6-9-21-22(12-17)33-15-32-21)18-7-8-19-20(13-18)27-25(31)28(24(19)30)11-10-16-4-2-1-3-5-16/h1-9,12-13H,10-11,14-15H2,(H,26,29)(H,27,31). The first-order valence-electron chi connectivity index (χ1n) is 10.6. The maximum absolute atomic E-state index is 12.9. The zero-order valence-corrected chi connectivity index (χ0v) is 17.7. The third kappa shape index (κ3) is 4.23. The van der Waals surface area contributed by atoms with Crippen LogP contribution in [-0.2, 0) is 19.5 Å². The van der Waals surface area contributed by atoms with Gasteiger partial charge in [0.15, 0.2) is 11.5 Å². The molecule has 1 aliphatic heterocycles. The van der Waals surface area contributed by atoms with Gasteiger partial charge >= 0.3 is 5.69 Å².